The Labute approximate surface area is 259 Å². The van der Waals surface area contributed by atoms with Crippen molar-refractivity contribution in [2.45, 2.75) is 0 Å². The summed E-state index contributed by atoms with van der Waals surface area (Å²) in [6, 6.07) is 54.4. The van der Waals surface area contributed by atoms with Gasteiger partial charge in [-0.3, -0.25) is 0 Å². The van der Waals surface area contributed by atoms with Crippen molar-refractivity contribution in [3.8, 4) is 22.6 Å². The van der Waals surface area contributed by atoms with Gasteiger partial charge in [0.15, 0.2) is 5.58 Å². The van der Waals surface area contributed by atoms with Crippen LogP contribution in [0, 0.1) is 0 Å². The molecule has 212 valence electrons. The third-order valence-electron chi connectivity index (χ3n) is 8.48. The summed E-state index contributed by atoms with van der Waals surface area (Å²) in [7, 11) is 0. The van der Waals surface area contributed by atoms with Gasteiger partial charge < -0.3 is 13.7 Å². The average Bonchev–Trinajstić information content (AvgIpc) is 3.71. The van der Waals surface area contributed by atoms with E-state index in [2.05, 4.69) is 102 Å². The maximum atomic E-state index is 6.68. The van der Waals surface area contributed by atoms with Gasteiger partial charge in [-0.2, -0.15) is 0 Å². The zero-order valence-electron chi connectivity index (χ0n) is 24.2. The highest BCUT2D eigenvalue weighted by atomic mass is 16.4. The minimum atomic E-state index is 0.572. The van der Waals surface area contributed by atoms with E-state index in [0.717, 1.165) is 55.6 Å². The number of nitrogens with zero attached hydrogens (tertiary/aromatic N) is 2. The van der Waals surface area contributed by atoms with Gasteiger partial charge >= 0.3 is 0 Å². The second-order valence-corrected chi connectivity index (χ2v) is 11.2. The van der Waals surface area contributed by atoms with E-state index < -0.39 is 0 Å². The van der Waals surface area contributed by atoms with Gasteiger partial charge in [0.05, 0.1) is 5.39 Å². The number of para-hydroxylation sites is 2. The largest absolute Gasteiger partial charge is 0.456 e. The lowest BCUT2D eigenvalue weighted by Crippen LogP contribution is -2.10. The van der Waals surface area contributed by atoms with Crippen molar-refractivity contribution >= 4 is 60.9 Å². The van der Waals surface area contributed by atoms with Gasteiger partial charge in [-0.1, -0.05) is 109 Å². The zero-order valence-corrected chi connectivity index (χ0v) is 24.2. The van der Waals surface area contributed by atoms with Gasteiger partial charge in [0.1, 0.15) is 22.4 Å². The smallest absolute Gasteiger partial charge is 0.227 e. The average molecular weight is 579 g/mol. The lowest BCUT2D eigenvalue weighted by Gasteiger charge is -2.26. The number of hydrogen-bond acceptors (Lipinski definition) is 4. The highest BCUT2D eigenvalue weighted by molar-refractivity contribution is 6.20. The van der Waals surface area contributed by atoms with E-state index in [1.807, 2.05) is 60.7 Å². The van der Waals surface area contributed by atoms with E-state index >= 15 is 0 Å². The van der Waals surface area contributed by atoms with E-state index in [4.69, 9.17) is 13.8 Å². The fraction of sp³-hybridized carbons (Fsp3) is 0. The highest BCUT2D eigenvalue weighted by Gasteiger charge is 2.26. The number of benzene rings is 7. The van der Waals surface area contributed by atoms with Crippen LogP contribution in [-0.2, 0) is 0 Å². The predicted octanol–water partition coefficient (Wildman–Crippen LogP) is 11.7. The summed E-state index contributed by atoms with van der Waals surface area (Å²) in [6.45, 7) is 0. The summed E-state index contributed by atoms with van der Waals surface area (Å²) in [5.41, 5.74) is 9.22. The Morgan fingerprint density at radius 1 is 0.489 bits per heavy atom. The van der Waals surface area contributed by atoms with Crippen LogP contribution in [0.1, 0.15) is 0 Å². The topological polar surface area (TPSA) is 42.4 Å². The fourth-order valence-corrected chi connectivity index (χ4v) is 6.42. The van der Waals surface area contributed by atoms with Crippen molar-refractivity contribution < 1.29 is 8.83 Å². The molecule has 0 aliphatic carbocycles. The highest BCUT2D eigenvalue weighted by Crippen LogP contribution is 2.48. The summed E-state index contributed by atoms with van der Waals surface area (Å²) < 4.78 is 13.1. The molecule has 0 saturated heterocycles. The van der Waals surface area contributed by atoms with Crippen LogP contribution in [0.2, 0.25) is 0 Å². The number of oxazole rings is 1. The first-order chi connectivity index (χ1) is 22.3. The SMILES string of the molecule is c1ccc(-c2nc3cc4oc5ccccc5c4c(N(c4ccccc4)c4ccc(-c5cccc6ccccc56)cc4)c3o2)cc1. The molecular weight excluding hydrogens is 552 g/mol. The van der Waals surface area contributed by atoms with Crippen LogP contribution < -0.4 is 4.90 Å². The molecule has 0 atom stereocenters. The fourth-order valence-electron chi connectivity index (χ4n) is 6.42. The van der Waals surface area contributed by atoms with E-state index in [9.17, 15) is 0 Å². The molecular formula is C41H26N2O2. The summed E-state index contributed by atoms with van der Waals surface area (Å²) in [4.78, 5) is 7.23. The summed E-state index contributed by atoms with van der Waals surface area (Å²) in [5, 5.41) is 4.47. The van der Waals surface area contributed by atoms with Crippen molar-refractivity contribution in [1.82, 2.24) is 4.98 Å². The van der Waals surface area contributed by atoms with Gasteiger partial charge in [-0.25, -0.2) is 4.98 Å². The first kappa shape index (κ1) is 25.4. The molecule has 4 nitrogen and oxygen atoms in total. The Morgan fingerprint density at radius 3 is 1.98 bits per heavy atom. The Balaban J connectivity index is 1.31. The molecule has 0 saturated carbocycles. The minimum Gasteiger partial charge on any atom is -0.456 e. The van der Waals surface area contributed by atoms with Crippen LogP contribution in [0.15, 0.2) is 167 Å². The number of hydrogen-bond donors (Lipinski definition) is 0. The summed E-state index contributed by atoms with van der Waals surface area (Å²) >= 11 is 0. The molecule has 0 spiro atoms. The van der Waals surface area contributed by atoms with E-state index in [1.54, 1.807) is 0 Å². The normalized spacial score (nSPS) is 11.6. The van der Waals surface area contributed by atoms with Crippen LogP contribution in [0.4, 0.5) is 17.1 Å². The Bertz CT molecular complexity index is 2470. The van der Waals surface area contributed by atoms with Gasteiger partial charge in [-0.05, 0) is 64.4 Å². The zero-order chi connectivity index (χ0) is 29.7. The molecule has 9 aromatic rings. The first-order valence-corrected chi connectivity index (χ1v) is 15.1. The van der Waals surface area contributed by atoms with Crippen molar-refractivity contribution in [2.75, 3.05) is 4.90 Å². The van der Waals surface area contributed by atoms with Crippen LogP contribution in [0.25, 0.3) is 66.4 Å². The van der Waals surface area contributed by atoms with Crippen molar-refractivity contribution in [2.24, 2.45) is 0 Å². The number of rotatable bonds is 5. The standard InChI is InChI=1S/C41H26N2O2/c1-3-13-29(14-4-1)41-42-35-26-37-38(34-19-9-10-21-36(34)44-37)39(40(35)45-41)43(30-16-5-2-6-17-30)31-24-22-28(23-25-31)33-20-11-15-27-12-7-8-18-32(27)33/h1-26H. The quantitative estimate of drug-likeness (QED) is 0.204. The summed E-state index contributed by atoms with van der Waals surface area (Å²) in [6.07, 6.45) is 0. The molecule has 0 amide bonds. The first-order valence-electron chi connectivity index (χ1n) is 15.1. The molecule has 45 heavy (non-hydrogen) atoms. The second-order valence-electron chi connectivity index (χ2n) is 11.2. The van der Waals surface area contributed by atoms with Gasteiger partial charge in [0.25, 0.3) is 0 Å². The molecule has 0 aliphatic rings. The van der Waals surface area contributed by atoms with E-state index in [1.165, 1.54) is 16.3 Å². The molecule has 2 aromatic heterocycles. The van der Waals surface area contributed by atoms with Crippen LogP contribution in [0.5, 0.6) is 0 Å². The van der Waals surface area contributed by atoms with Gasteiger partial charge in [0.2, 0.25) is 5.89 Å². The predicted molar refractivity (Wildman–Crippen MR) is 184 cm³/mol. The molecule has 2 heterocycles. The van der Waals surface area contributed by atoms with Crippen LogP contribution >= 0.6 is 0 Å². The lowest BCUT2D eigenvalue weighted by molar-refractivity contribution is 0.620. The summed E-state index contributed by atoms with van der Waals surface area (Å²) in [5.74, 6) is 0.572. The molecule has 0 fully saturated rings. The monoisotopic (exact) mass is 578 g/mol. The maximum Gasteiger partial charge on any atom is 0.227 e. The third kappa shape index (κ3) is 4.19. The number of fused-ring (bicyclic) bond motifs is 5. The minimum absolute atomic E-state index is 0.572. The molecule has 0 N–H and O–H groups in total. The van der Waals surface area contributed by atoms with Crippen LogP contribution in [-0.4, -0.2) is 4.98 Å². The van der Waals surface area contributed by atoms with E-state index in [0.29, 0.717) is 11.5 Å². The molecule has 0 bridgehead atoms. The molecule has 0 unspecified atom stereocenters. The Kier molecular flexibility index (Phi) is 5.78. The molecule has 4 heteroatoms. The van der Waals surface area contributed by atoms with Crippen molar-refractivity contribution in [3.63, 3.8) is 0 Å². The number of anilines is 3. The Hall–Kier alpha value is -6.13. The number of furan rings is 1. The van der Waals surface area contributed by atoms with E-state index in [-0.39, 0.29) is 0 Å². The lowest BCUT2D eigenvalue weighted by atomic mass is 9.98. The van der Waals surface area contributed by atoms with Crippen LogP contribution in [0.3, 0.4) is 0 Å². The molecule has 7 aromatic carbocycles. The Morgan fingerprint density at radius 2 is 1.16 bits per heavy atom. The van der Waals surface area contributed by atoms with Gasteiger partial charge in [-0.15, -0.1) is 0 Å². The third-order valence-corrected chi connectivity index (χ3v) is 8.48. The van der Waals surface area contributed by atoms with Crippen molar-refractivity contribution in [1.29, 1.82) is 0 Å². The van der Waals surface area contributed by atoms with Crippen molar-refractivity contribution in [3.05, 3.63) is 158 Å². The molecule has 0 radical (unpaired) electrons. The number of aromatic nitrogens is 1. The molecule has 0 aliphatic heterocycles. The van der Waals surface area contributed by atoms with Gasteiger partial charge in [0, 0.05) is 28.4 Å². The molecule has 9 rings (SSSR count). The maximum absolute atomic E-state index is 6.68. The second kappa shape index (κ2) is 10.2.